The Kier molecular flexibility index (Phi) is 2.71. The zero-order chi connectivity index (χ0) is 7.40. The van der Waals surface area contributed by atoms with Crippen LogP contribution in [0.15, 0.2) is 22.9 Å². The highest BCUT2D eigenvalue weighted by Gasteiger charge is 1.94. The van der Waals surface area contributed by atoms with Gasteiger partial charge in [-0.15, -0.1) is 0 Å². The van der Waals surface area contributed by atoms with Crippen molar-refractivity contribution in [2.45, 2.75) is 0 Å². The molecule has 1 rings (SSSR count). The average molecular weight is 201 g/mol. The van der Waals surface area contributed by atoms with Crippen molar-refractivity contribution in [2.75, 3.05) is 0 Å². The number of aromatic nitrogens is 1. The second-order valence-corrected chi connectivity index (χ2v) is 2.48. The summed E-state index contributed by atoms with van der Waals surface area (Å²) in [6.45, 7) is 0. The lowest BCUT2D eigenvalue weighted by Gasteiger charge is -1.98. The molecule has 10 heavy (non-hydrogen) atoms. The minimum atomic E-state index is 0.497. The largest absolute Gasteiger partial charge is 0.569 e. The quantitative estimate of drug-likeness (QED) is 0.717. The van der Waals surface area contributed by atoms with Crippen molar-refractivity contribution in [1.82, 2.24) is 4.98 Å². The Morgan fingerprint density at radius 2 is 2.40 bits per heavy atom. The molecule has 3 nitrogen and oxygen atoms in total. The fourth-order valence-electron chi connectivity index (χ4n) is 0.518. The van der Waals surface area contributed by atoms with E-state index in [4.69, 9.17) is 5.02 Å². The topological polar surface area (TPSA) is 42.4 Å². The van der Waals surface area contributed by atoms with Gasteiger partial charge < -0.3 is 9.68 Å². The first-order valence-corrected chi connectivity index (χ1v) is 3.35. The van der Waals surface area contributed by atoms with Gasteiger partial charge in [-0.3, -0.25) is 4.98 Å². The summed E-state index contributed by atoms with van der Waals surface area (Å²) >= 11 is 3.19. The molecule has 1 heterocycles. The molecule has 0 saturated carbocycles. The van der Waals surface area contributed by atoms with Crippen LogP contribution in [0.3, 0.4) is 0 Å². The molecule has 0 aliphatic carbocycles. The van der Waals surface area contributed by atoms with Crippen molar-refractivity contribution in [2.24, 2.45) is 0 Å². The Morgan fingerprint density at radius 3 is 3.00 bits per heavy atom. The van der Waals surface area contributed by atoms with Crippen molar-refractivity contribution in [3.8, 4) is 5.75 Å². The molecule has 0 unspecified atom stereocenters. The van der Waals surface area contributed by atoms with Crippen molar-refractivity contribution in [3.05, 3.63) is 22.9 Å². The van der Waals surface area contributed by atoms with Crippen LogP contribution in [0.2, 0.25) is 0 Å². The molecule has 0 bridgehead atoms. The molecule has 0 aliphatic rings. The molecule has 0 saturated heterocycles. The zero-order valence-corrected chi connectivity index (χ0v) is 6.58. The predicted octanol–water partition coefficient (Wildman–Crippen LogP) is 0.749. The predicted molar refractivity (Wildman–Crippen MR) is 40.5 cm³/mol. The summed E-state index contributed by atoms with van der Waals surface area (Å²) in [6, 6.07) is 1.69. The van der Waals surface area contributed by atoms with E-state index in [9.17, 15) is 0 Å². The van der Waals surface area contributed by atoms with E-state index in [-0.39, 0.29) is 0 Å². The van der Waals surface area contributed by atoms with E-state index < -0.39 is 0 Å². The molecular weight excluding hydrogens is 197 g/mol. The van der Waals surface area contributed by atoms with Crippen LogP contribution in [0.1, 0.15) is 0 Å². The number of nitrogens with zero attached hydrogens (tertiary/aromatic N) is 1. The third kappa shape index (κ3) is 2.00. The average Bonchev–Trinajstić information content (AvgIpc) is 1.88. The summed E-state index contributed by atoms with van der Waals surface area (Å²) < 4.78 is 5.44. The number of pyridine rings is 1. The molecule has 0 amide bonds. The summed E-state index contributed by atoms with van der Waals surface area (Å²) in [5, 5.41) is 8.22. The SMILES string of the molecule is O[B]Oc1cncc(Br)c1. The van der Waals surface area contributed by atoms with E-state index in [0.717, 1.165) is 4.47 Å². The maximum absolute atomic E-state index is 8.22. The van der Waals surface area contributed by atoms with Gasteiger partial charge in [0.15, 0.2) is 0 Å². The van der Waals surface area contributed by atoms with Crippen LogP contribution in [0.25, 0.3) is 0 Å². The Balaban J connectivity index is 2.75. The summed E-state index contributed by atoms with van der Waals surface area (Å²) in [6.07, 6.45) is 3.13. The van der Waals surface area contributed by atoms with Gasteiger partial charge in [-0.25, -0.2) is 0 Å². The molecule has 0 aliphatic heterocycles. The third-order valence-electron chi connectivity index (χ3n) is 0.869. The van der Waals surface area contributed by atoms with Crippen molar-refractivity contribution in [1.29, 1.82) is 0 Å². The van der Waals surface area contributed by atoms with Gasteiger partial charge in [-0.2, -0.15) is 0 Å². The van der Waals surface area contributed by atoms with Gasteiger partial charge >= 0.3 is 7.69 Å². The number of rotatable bonds is 2. The van der Waals surface area contributed by atoms with Crippen LogP contribution in [-0.4, -0.2) is 17.7 Å². The van der Waals surface area contributed by atoms with Crippen molar-refractivity contribution >= 4 is 23.6 Å². The smallest absolute Gasteiger partial charge is 0.536 e. The zero-order valence-electron chi connectivity index (χ0n) is 4.99. The molecule has 1 aromatic rings. The van der Waals surface area contributed by atoms with Gasteiger partial charge in [0.2, 0.25) is 0 Å². The first-order chi connectivity index (χ1) is 4.83. The van der Waals surface area contributed by atoms with Crippen molar-refractivity contribution < 1.29 is 9.68 Å². The van der Waals surface area contributed by atoms with Crippen LogP contribution in [0.4, 0.5) is 0 Å². The molecule has 0 aromatic carbocycles. The Bertz CT molecular complexity index is 221. The normalized spacial score (nSPS) is 9.00. The van der Waals surface area contributed by atoms with Crippen LogP contribution >= 0.6 is 15.9 Å². The molecule has 1 N–H and O–H groups in total. The molecule has 0 atom stereocenters. The van der Waals surface area contributed by atoms with Gasteiger partial charge in [-0.05, 0) is 22.0 Å². The monoisotopic (exact) mass is 200 g/mol. The van der Waals surface area contributed by atoms with Crippen LogP contribution < -0.4 is 4.65 Å². The van der Waals surface area contributed by atoms with E-state index in [1.54, 1.807) is 12.3 Å². The fraction of sp³-hybridized carbons (Fsp3) is 0. The maximum atomic E-state index is 8.22. The molecule has 0 spiro atoms. The minimum Gasteiger partial charge on any atom is -0.536 e. The standard InChI is InChI=1S/C5H4BBrNO2/c7-4-1-5(10-6-9)3-8-2-4/h1-3,9H. The van der Waals surface area contributed by atoms with E-state index in [1.165, 1.54) is 6.20 Å². The second-order valence-electron chi connectivity index (χ2n) is 1.56. The lowest BCUT2D eigenvalue weighted by Crippen LogP contribution is -1.99. The third-order valence-corrected chi connectivity index (χ3v) is 1.30. The highest BCUT2D eigenvalue weighted by molar-refractivity contribution is 9.10. The number of halogens is 1. The molecule has 1 radical (unpaired) electrons. The highest BCUT2D eigenvalue weighted by Crippen LogP contribution is 2.14. The van der Waals surface area contributed by atoms with Gasteiger partial charge in [0.05, 0.1) is 6.20 Å². The first-order valence-electron chi connectivity index (χ1n) is 2.56. The number of hydrogen-bond acceptors (Lipinski definition) is 3. The Morgan fingerprint density at radius 1 is 1.60 bits per heavy atom. The van der Waals surface area contributed by atoms with Crippen molar-refractivity contribution in [3.63, 3.8) is 0 Å². The summed E-state index contributed by atoms with van der Waals surface area (Å²) in [5.41, 5.74) is 0. The molecule has 51 valence electrons. The van der Waals surface area contributed by atoms with Gasteiger partial charge in [0.1, 0.15) is 5.75 Å². The lowest BCUT2D eigenvalue weighted by molar-refractivity contribution is 0.452. The van der Waals surface area contributed by atoms with E-state index in [1.807, 2.05) is 0 Å². The Hall–Kier alpha value is -0.545. The van der Waals surface area contributed by atoms with E-state index in [0.29, 0.717) is 13.4 Å². The lowest BCUT2D eigenvalue weighted by atomic mass is 10.4. The second kappa shape index (κ2) is 3.58. The highest BCUT2D eigenvalue weighted by atomic mass is 79.9. The maximum Gasteiger partial charge on any atom is 0.569 e. The molecule has 0 fully saturated rings. The van der Waals surface area contributed by atoms with Crippen LogP contribution in [0, 0.1) is 0 Å². The molecule has 5 heteroatoms. The van der Waals surface area contributed by atoms with E-state index >= 15 is 0 Å². The van der Waals surface area contributed by atoms with Crippen LogP contribution in [0.5, 0.6) is 5.75 Å². The summed E-state index contributed by atoms with van der Waals surface area (Å²) in [7, 11) is 0.615. The summed E-state index contributed by atoms with van der Waals surface area (Å²) in [4.78, 5) is 3.80. The van der Waals surface area contributed by atoms with Crippen LogP contribution in [-0.2, 0) is 0 Å². The number of hydrogen-bond donors (Lipinski definition) is 1. The van der Waals surface area contributed by atoms with Gasteiger partial charge in [0.25, 0.3) is 0 Å². The molecular formula is C5H4BBrNO2. The Labute approximate surface area is 67.5 Å². The first kappa shape index (κ1) is 7.56. The minimum absolute atomic E-state index is 0.497. The molecule has 1 aromatic heterocycles. The summed E-state index contributed by atoms with van der Waals surface area (Å²) in [5.74, 6) is 0.497. The van der Waals surface area contributed by atoms with Gasteiger partial charge in [0, 0.05) is 10.7 Å². The fourth-order valence-corrected chi connectivity index (χ4v) is 0.862. The van der Waals surface area contributed by atoms with Gasteiger partial charge in [-0.1, -0.05) is 0 Å². The van der Waals surface area contributed by atoms with E-state index in [2.05, 4.69) is 25.6 Å².